The summed E-state index contributed by atoms with van der Waals surface area (Å²) in [5.41, 5.74) is 0. The third kappa shape index (κ3) is 19.1. The van der Waals surface area contributed by atoms with Gasteiger partial charge in [0.25, 0.3) is 0 Å². The number of carbonyl (C=O) groups is 3. The van der Waals surface area contributed by atoms with Crippen LogP contribution in [0.15, 0.2) is 0 Å². The molecule has 0 atom stereocenters. The molecule has 0 heterocycles. The Morgan fingerprint density at radius 3 is 0.902 bits per heavy atom. The summed E-state index contributed by atoms with van der Waals surface area (Å²) in [6, 6.07) is 0. The highest BCUT2D eigenvalue weighted by Crippen LogP contribution is 2.51. The predicted molar refractivity (Wildman–Crippen MR) is 171 cm³/mol. The SMILES string of the molecule is CCCCCCCCCCCCCCCC(=O)C(C=O)(C(=O)CCCCCCCCCCCCCCC)P(=O)(O)O. The van der Waals surface area contributed by atoms with Gasteiger partial charge in [-0.05, 0) is 12.8 Å². The smallest absolute Gasteiger partial charge is 0.323 e. The molecule has 0 aliphatic heterocycles. The Labute approximate surface area is 252 Å². The van der Waals surface area contributed by atoms with Gasteiger partial charge in [0.2, 0.25) is 5.16 Å². The average Bonchev–Trinajstić information content (AvgIpc) is 2.93. The van der Waals surface area contributed by atoms with Crippen molar-refractivity contribution in [3.8, 4) is 0 Å². The van der Waals surface area contributed by atoms with Crippen LogP contribution in [0.5, 0.6) is 0 Å². The van der Waals surface area contributed by atoms with Gasteiger partial charge < -0.3 is 14.6 Å². The Balaban J connectivity index is 4.18. The van der Waals surface area contributed by atoms with Gasteiger partial charge in [-0.3, -0.25) is 14.2 Å². The Morgan fingerprint density at radius 1 is 0.488 bits per heavy atom. The van der Waals surface area contributed by atoms with Crippen molar-refractivity contribution in [1.82, 2.24) is 0 Å². The molecule has 0 saturated carbocycles. The number of carbonyl (C=O) groups excluding carboxylic acids is 3. The maximum Gasteiger partial charge on any atom is 0.353 e. The minimum atomic E-state index is -5.26. The van der Waals surface area contributed by atoms with Crippen LogP contribution in [0.1, 0.15) is 194 Å². The normalized spacial score (nSPS) is 12.1. The van der Waals surface area contributed by atoms with Crippen LogP contribution >= 0.6 is 7.60 Å². The van der Waals surface area contributed by atoms with E-state index in [1.807, 2.05) is 0 Å². The van der Waals surface area contributed by atoms with Gasteiger partial charge in [0, 0.05) is 12.8 Å². The maximum absolute atomic E-state index is 12.9. The van der Waals surface area contributed by atoms with E-state index in [0.29, 0.717) is 12.8 Å². The van der Waals surface area contributed by atoms with Crippen molar-refractivity contribution in [2.75, 3.05) is 0 Å². The average molecular weight is 601 g/mol. The highest BCUT2D eigenvalue weighted by molar-refractivity contribution is 7.57. The predicted octanol–water partition coefficient (Wildman–Crippen LogP) is 10.2. The summed E-state index contributed by atoms with van der Waals surface area (Å²) in [6.07, 6.45) is 29.1. The zero-order valence-electron chi connectivity index (χ0n) is 26.9. The second-order valence-electron chi connectivity index (χ2n) is 12.3. The molecule has 7 heteroatoms. The molecular formula is C34H65O6P. The fourth-order valence-electron chi connectivity index (χ4n) is 5.67. The molecular weight excluding hydrogens is 535 g/mol. The largest absolute Gasteiger partial charge is 0.353 e. The van der Waals surface area contributed by atoms with Crippen molar-refractivity contribution in [1.29, 1.82) is 0 Å². The fourth-order valence-corrected chi connectivity index (χ4v) is 6.68. The Morgan fingerprint density at radius 2 is 0.707 bits per heavy atom. The lowest BCUT2D eigenvalue weighted by atomic mass is 9.91. The van der Waals surface area contributed by atoms with Crippen LogP contribution in [0.2, 0.25) is 0 Å². The highest BCUT2D eigenvalue weighted by atomic mass is 31.2. The van der Waals surface area contributed by atoms with Crippen LogP contribution in [-0.2, 0) is 18.9 Å². The van der Waals surface area contributed by atoms with E-state index in [1.165, 1.54) is 103 Å². The minimum absolute atomic E-state index is 0.0665. The number of hydrogen-bond acceptors (Lipinski definition) is 4. The lowest BCUT2D eigenvalue weighted by Crippen LogP contribution is -2.48. The highest BCUT2D eigenvalue weighted by Gasteiger charge is 2.58. The number of Topliss-reactive ketones (excluding diaryl/α,β-unsaturated/α-hetero) is 2. The molecule has 242 valence electrons. The van der Waals surface area contributed by atoms with Crippen LogP contribution in [0.3, 0.4) is 0 Å². The molecule has 0 aliphatic carbocycles. The molecule has 0 saturated heterocycles. The van der Waals surface area contributed by atoms with Crippen LogP contribution < -0.4 is 0 Å². The van der Waals surface area contributed by atoms with Gasteiger partial charge in [-0.25, -0.2) is 0 Å². The summed E-state index contributed by atoms with van der Waals surface area (Å²) in [5, 5.41) is -2.82. The van der Waals surface area contributed by atoms with Crippen molar-refractivity contribution >= 4 is 25.4 Å². The summed E-state index contributed by atoms with van der Waals surface area (Å²) < 4.78 is 12.3. The van der Waals surface area contributed by atoms with E-state index in [2.05, 4.69) is 13.8 Å². The van der Waals surface area contributed by atoms with E-state index >= 15 is 0 Å². The van der Waals surface area contributed by atoms with Crippen LogP contribution in [-0.4, -0.2) is 32.8 Å². The Kier molecular flexibility index (Phi) is 26.2. The molecule has 0 aliphatic rings. The van der Waals surface area contributed by atoms with Crippen LogP contribution in [0.4, 0.5) is 0 Å². The molecule has 0 aromatic rings. The number of hydrogen-bond donors (Lipinski definition) is 2. The molecule has 0 unspecified atom stereocenters. The molecule has 0 spiro atoms. The van der Waals surface area contributed by atoms with Gasteiger partial charge in [0.1, 0.15) is 0 Å². The molecule has 6 nitrogen and oxygen atoms in total. The molecule has 0 amide bonds. The van der Waals surface area contributed by atoms with Gasteiger partial charge in [-0.2, -0.15) is 0 Å². The number of rotatable bonds is 32. The zero-order valence-corrected chi connectivity index (χ0v) is 27.7. The molecule has 41 heavy (non-hydrogen) atoms. The van der Waals surface area contributed by atoms with Gasteiger partial charge in [0.05, 0.1) is 0 Å². The maximum atomic E-state index is 12.9. The Hall–Kier alpha value is -0.840. The lowest BCUT2D eigenvalue weighted by molar-refractivity contribution is -0.134. The zero-order chi connectivity index (χ0) is 30.7. The molecule has 0 fully saturated rings. The minimum Gasteiger partial charge on any atom is -0.323 e. The van der Waals surface area contributed by atoms with E-state index in [1.54, 1.807) is 0 Å². The monoisotopic (exact) mass is 600 g/mol. The fraction of sp³-hybridized carbons (Fsp3) is 0.912. The molecule has 0 aromatic carbocycles. The van der Waals surface area contributed by atoms with Crippen molar-refractivity contribution in [3.05, 3.63) is 0 Å². The summed E-state index contributed by atoms with van der Waals surface area (Å²) >= 11 is 0. The van der Waals surface area contributed by atoms with E-state index in [9.17, 15) is 28.7 Å². The third-order valence-electron chi connectivity index (χ3n) is 8.50. The standard InChI is InChI=1S/C34H65O6P/c1-3-5-7-9-11-13-15-17-19-21-23-25-27-29-32(36)34(31-35,41(38,39)40)33(37)30-28-26-24-22-20-18-16-14-12-10-8-6-4-2/h31H,3-30H2,1-2H3,(H2,38,39,40). The van der Waals surface area contributed by atoms with Crippen LogP contribution in [0, 0.1) is 0 Å². The molecule has 0 bridgehead atoms. The van der Waals surface area contributed by atoms with E-state index < -0.39 is 24.3 Å². The number of ketones is 2. The summed E-state index contributed by atoms with van der Waals surface area (Å²) in [7, 11) is -5.26. The topological polar surface area (TPSA) is 109 Å². The van der Waals surface area contributed by atoms with E-state index in [-0.39, 0.29) is 19.1 Å². The van der Waals surface area contributed by atoms with Gasteiger partial charge >= 0.3 is 7.60 Å². The van der Waals surface area contributed by atoms with E-state index in [0.717, 1.165) is 51.4 Å². The molecule has 0 rings (SSSR count). The first-order valence-electron chi connectivity index (χ1n) is 17.4. The van der Waals surface area contributed by atoms with Crippen molar-refractivity contribution in [3.63, 3.8) is 0 Å². The van der Waals surface area contributed by atoms with Gasteiger partial charge in [-0.1, -0.05) is 168 Å². The number of unbranched alkanes of at least 4 members (excludes halogenated alkanes) is 24. The first-order valence-corrected chi connectivity index (χ1v) is 19.0. The van der Waals surface area contributed by atoms with E-state index in [4.69, 9.17) is 0 Å². The second kappa shape index (κ2) is 26.8. The third-order valence-corrected chi connectivity index (χ3v) is 10.0. The Bertz CT molecular complexity index is 659. The van der Waals surface area contributed by atoms with Crippen molar-refractivity contribution in [2.24, 2.45) is 0 Å². The first-order chi connectivity index (χ1) is 19.8. The lowest BCUT2D eigenvalue weighted by Gasteiger charge is -2.26. The van der Waals surface area contributed by atoms with Gasteiger partial charge in [-0.15, -0.1) is 0 Å². The van der Waals surface area contributed by atoms with Crippen molar-refractivity contribution in [2.45, 2.75) is 199 Å². The first kappa shape index (κ1) is 40.2. The molecule has 0 aromatic heterocycles. The number of aldehydes is 1. The quantitative estimate of drug-likeness (QED) is 0.0344. The van der Waals surface area contributed by atoms with Crippen LogP contribution in [0.25, 0.3) is 0 Å². The van der Waals surface area contributed by atoms with Crippen molar-refractivity contribution < 1.29 is 28.7 Å². The second-order valence-corrected chi connectivity index (χ2v) is 14.1. The molecule has 0 radical (unpaired) electrons. The summed E-state index contributed by atoms with van der Waals surface area (Å²) in [4.78, 5) is 57.5. The van der Waals surface area contributed by atoms with Gasteiger partial charge in [0.15, 0.2) is 17.9 Å². The molecule has 2 N–H and O–H groups in total. The summed E-state index contributed by atoms with van der Waals surface area (Å²) in [5.74, 6) is -1.83. The summed E-state index contributed by atoms with van der Waals surface area (Å²) in [6.45, 7) is 4.46.